The van der Waals surface area contributed by atoms with Crippen molar-refractivity contribution in [3.8, 4) is 0 Å². The Morgan fingerprint density at radius 3 is 3.18 bits per heavy atom. The first-order chi connectivity index (χ1) is 8.22. The molecule has 17 heavy (non-hydrogen) atoms. The summed E-state index contributed by atoms with van der Waals surface area (Å²) in [7, 11) is 0. The Balaban J connectivity index is 1.95. The molecule has 0 radical (unpaired) electrons. The quantitative estimate of drug-likeness (QED) is 0.767. The summed E-state index contributed by atoms with van der Waals surface area (Å²) in [5.41, 5.74) is 0.595. The summed E-state index contributed by atoms with van der Waals surface area (Å²) < 4.78 is 1.40. The van der Waals surface area contributed by atoms with Gasteiger partial charge in [0.25, 0.3) is 11.3 Å². The van der Waals surface area contributed by atoms with Crippen molar-refractivity contribution in [1.29, 1.82) is 0 Å². The molecule has 0 aromatic carbocycles. The van der Waals surface area contributed by atoms with Crippen molar-refractivity contribution in [2.45, 2.75) is 32.2 Å². The average Bonchev–Trinajstić information content (AvgIpc) is 2.87. The molecule has 0 spiro atoms. The van der Waals surface area contributed by atoms with Crippen molar-refractivity contribution >= 4 is 5.78 Å². The van der Waals surface area contributed by atoms with Gasteiger partial charge in [0.1, 0.15) is 5.82 Å². The molecule has 1 aliphatic rings. The molecule has 2 aromatic rings. The van der Waals surface area contributed by atoms with Gasteiger partial charge in [-0.3, -0.25) is 9.89 Å². The minimum Gasteiger partial charge on any atom is -0.314 e. The van der Waals surface area contributed by atoms with Gasteiger partial charge in [-0.1, -0.05) is 0 Å². The first-order valence-corrected chi connectivity index (χ1v) is 5.91. The molecule has 1 aliphatic heterocycles. The zero-order chi connectivity index (χ0) is 11.8. The lowest BCUT2D eigenvalue weighted by Gasteiger charge is -2.05. The number of aryl methyl sites for hydroxylation is 1. The van der Waals surface area contributed by atoms with E-state index in [0.717, 1.165) is 18.8 Å². The number of aromatic nitrogens is 4. The maximum atomic E-state index is 11.7. The third-order valence-corrected chi connectivity index (χ3v) is 3.11. The summed E-state index contributed by atoms with van der Waals surface area (Å²) in [6, 6.07) is 1.97. The molecule has 1 fully saturated rings. The van der Waals surface area contributed by atoms with E-state index in [1.807, 2.05) is 0 Å². The predicted molar refractivity (Wildman–Crippen MR) is 63.1 cm³/mol. The van der Waals surface area contributed by atoms with Gasteiger partial charge in [-0.15, -0.1) is 0 Å². The van der Waals surface area contributed by atoms with E-state index in [1.165, 1.54) is 23.4 Å². The van der Waals surface area contributed by atoms with Crippen molar-refractivity contribution in [3.63, 3.8) is 0 Å². The fourth-order valence-electron chi connectivity index (χ4n) is 2.29. The maximum absolute atomic E-state index is 11.7. The zero-order valence-corrected chi connectivity index (χ0v) is 9.73. The zero-order valence-electron chi connectivity index (χ0n) is 9.73. The molecular weight excluding hydrogens is 218 g/mol. The number of nitrogens with zero attached hydrogens (tertiary/aromatic N) is 3. The molecule has 6 heteroatoms. The second-order valence-electron chi connectivity index (χ2n) is 4.54. The molecule has 0 aliphatic carbocycles. The smallest absolute Gasteiger partial charge is 0.274 e. The van der Waals surface area contributed by atoms with Crippen LogP contribution in [0.25, 0.3) is 5.78 Å². The van der Waals surface area contributed by atoms with E-state index in [2.05, 4.69) is 20.4 Å². The number of H-pyrrole nitrogens is 1. The first kappa shape index (κ1) is 10.5. The van der Waals surface area contributed by atoms with Gasteiger partial charge in [0.15, 0.2) is 0 Å². The third kappa shape index (κ3) is 1.95. The van der Waals surface area contributed by atoms with Crippen molar-refractivity contribution in [1.82, 2.24) is 24.9 Å². The van der Waals surface area contributed by atoms with Crippen LogP contribution in [0.3, 0.4) is 0 Å². The molecule has 0 amide bonds. The Kier molecular flexibility index (Phi) is 2.44. The van der Waals surface area contributed by atoms with Crippen LogP contribution in [0.15, 0.2) is 10.9 Å². The summed E-state index contributed by atoms with van der Waals surface area (Å²) in [6.07, 6.45) is 3.20. The molecule has 6 nitrogen and oxygen atoms in total. The van der Waals surface area contributed by atoms with E-state index in [-0.39, 0.29) is 5.56 Å². The van der Waals surface area contributed by atoms with Crippen molar-refractivity contribution < 1.29 is 0 Å². The highest BCUT2D eigenvalue weighted by Crippen LogP contribution is 2.09. The first-order valence-electron chi connectivity index (χ1n) is 5.91. The van der Waals surface area contributed by atoms with Gasteiger partial charge < -0.3 is 5.32 Å². The van der Waals surface area contributed by atoms with Gasteiger partial charge in [-0.2, -0.15) is 9.50 Å². The maximum Gasteiger partial charge on any atom is 0.274 e. The van der Waals surface area contributed by atoms with Crippen LogP contribution in [0.2, 0.25) is 0 Å². The fourth-order valence-corrected chi connectivity index (χ4v) is 2.29. The third-order valence-electron chi connectivity index (χ3n) is 3.11. The molecule has 1 saturated heterocycles. The standard InChI is InChI=1S/C11H15N5O/c1-7-5-10(17)16-11(13-7)14-9(15-16)6-8-3-2-4-12-8/h5,8,12H,2-4,6H2,1H3,(H,13,14,15). The van der Waals surface area contributed by atoms with Gasteiger partial charge >= 0.3 is 0 Å². The van der Waals surface area contributed by atoms with Crippen LogP contribution in [0.1, 0.15) is 24.4 Å². The highest BCUT2D eigenvalue weighted by molar-refractivity contribution is 5.27. The van der Waals surface area contributed by atoms with Crippen molar-refractivity contribution in [3.05, 3.63) is 27.9 Å². The highest BCUT2D eigenvalue weighted by Gasteiger charge is 2.16. The minimum atomic E-state index is -0.106. The molecular formula is C11H15N5O. The van der Waals surface area contributed by atoms with Crippen LogP contribution >= 0.6 is 0 Å². The Morgan fingerprint density at radius 2 is 2.41 bits per heavy atom. The molecule has 1 atom stereocenters. The molecule has 3 rings (SSSR count). The number of fused-ring (bicyclic) bond motifs is 1. The van der Waals surface area contributed by atoms with Crippen molar-refractivity contribution in [2.75, 3.05) is 6.54 Å². The monoisotopic (exact) mass is 233 g/mol. The topological polar surface area (TPSA) is 75.1 Å². The Bertz CT molecular complexity index is 593. The summed E-state index contributed by atoms with van der Waals surface area (Å²) in [5.74, 6) is 1.28. The van der Waals surface area contributed by atoms with E-state index in [4.69, 9.17) is 0 Å². The Labute approximate surface area is 98.1 Å². The number of rotatable bonds is 2. The van der Waals surface area contributed by atoms with Gasteiger partial charge in [-0.25, -0.2) is 4.98 Å². The lowest BCUT2D eigenvalue weighted by atomic mass is 10.1. The van der Waals surface area contributed by atoms with Crippen LogP contribution < -0.4 is 10.9 Å². The van der Waals surface area contributed by atoms with Gasteiger partial charge in [0.05, 0.1) is 0 Å². The lowest BCUT2D eigenvalue weighted by Crippen LogP contribution is -2.24. The fraction of sp³-hybridized carbons (Fsp3) is 0.545. The number of hydrogen-bond donors (Lipinski definition) is 2. The average molecular weight is 233 g/mol. The predicted octanol–water partition coefficient (Wildman–Crippen LogP) is 0.0205. The van der Waals surface area contributed by atoms with Crippen LogP contribution in [-0.2, 0) is 6.42 Å². The summed E-state index contributed by atoms with van der Waals surface area (Å²) in [4.78, 5) is 20.3. The van der Waals surface area contributed by atoms with E-state index in [1.54, 1.807) is 6.92 Å². The van der Waals surface area contributed by atoms with Crippen LogP contribution in [0, 0.1) is 6.92 Å². The van der Waals surface area contributed by atoms with Gasteiger partial charge in [-0.05, 0) is 26.3 Å². The Morgan fingerprint density at radius 1 is 1.53 bits per heavy atom. The molecule has 2 aromatic heterocycles. The number of nitrogens with one attached hydrogen (secondary N) is 2. The lowest BCUT2D eigenvalue weighted by molar-refractivity contribution is 0.584. The molecule has 0 saturated carbocycles. The molecule has 0 bridgehead atoms. The van der Waals surface area contributed by atoms with Crippen LogP contribution in [-0.4, -0.2) is 32.2 Å². The number of hydrogen-bond acceptors (Lipinski definition) is 4. The largest absolute Gasteiger partial charge is 0.314 e. The summed E-state index contributed by atoms with van der Waals surface area (Å²) in [6.45, 7) is 2.87. The molecule has 1 unspecified atom stereocenters. The van der Waals surface area contributed by atoms with Crippen LogP contribution in [0.5, 0.6) is 0 Å². The number of aromatic amines is 1. The Hall–Kier alpha value is -1.69. The second kappa shape index (κ2) is 3.96. The normalized spacial score (nSPS) is 20.2. The van der Waals surface area contributed by atoms with E-state index in [0.29, 0.717) is 17.5 Å². The summed E-state index contributed by atoms with van der Waals surface area (Å²) >= 11 is 0. The summed E-state index contributed by atoms with van der Waals surface area (Å²) in [5, 5.41) is 6.42. The van der Waals surface area contributed by atoms with Gasteiger partial charge in [0, 0.05) is 24.2 Å². The van der Waals surface area contributed by atoms with Crippen molar-refractivity contribution in [2.24, 2.45) is 0 Å². The molecule has 2 N–H and O–H groups in total. The van der Waals surface area contributed by atoms with E-state index >= 15 is 0 Å². The highest BCUT2D eigenvalue weighted by atomic mass is 16.1. The molecule has 3 heterocycles. The minimum absolute atomic E-state index is 0.106. The SMILES string of the molecule is Cc1cc(=O)n2[nH]c(CC3CCCN3)nc2n1. The van der Waals surface area contributed by atoms with Crippen LogP contribution in [0.4, 0.5) is 0 Å². The van der Waals surface area contributed by atoms with Gasteiger partial charge in [0.2, 0.25) is 0 Å². The van der Waals surface area contributed by atoms with E-state index < -0.39 is 0 Å². The second-order valence-corrected chi connectivity index (χ2v) is 4.54. The van der Waals surface area contributed by atoms with E-state index in [9.17, 15) is 4.79 Å². The molecule has 90 valence electrons.